The molecule has 3 aromatic rings. The van der Waals surface area contributed by atoms with Crippen molar-refractivity contribution in [3.05, 3.63) is 52.1 Å². The van der Waals surface area contributed by atoms with E-state index in [0.29, 0.717) is 46.5 Å². The molecule has 0 radical (unpaired) electrons. The van der Waals surface area contributed by atoms with E-state index in [4.69, 9.17) is 32.8 Å². The van der Waals surface area contributed by atoms with Gasteiger partial charge in [0.25, 0.3) is 5.91 Å². The van der Waals surface area contributed by atoms with Gasteiger partial charge in [0.15, 0.2) is 0 Å². The van der Waals surface area contributed by atoms with E-state index < -0.39 is 0 Å². The molecule has 1 aromatic carbocycles. The second-order valence-electron chi connectivity index (χ2n) is 5.97. The summed E-state index contributed by atoms with van der Waals surface area (Å²) in [5.74, 6) is -0.191. The Bertz CT molecular complexity index is 980. The minimum atomic E-state index is -0.316. The number of morpholine rings is 1. The molecule has 1 amide bonds. The van der Waals surface area contributed by atoms with Crippen LogP contribution in [0.1, 0.15) is 10.4 Å². The van der Waals surface area contributed by atoms with E-state index in [1.165, 1.54) is 4.85 Å². The van der Waals surface area contributed by atoms with E-state index in [-0.39, 0.29) is 18.6 Å². The minimum absolute atomic E-state index is 0.191. The molecule has 1 aliphatic heterocycles. The first-order valence-electron chi connectivity index (χ1n) is 8.27. The molecule has 0 N–H and O–H groups in total. The highest BCUT2D eigenvalue weighted by Gasteiger charge is 2.27. The predicted molar refractivity (Wildman–Crippen MR) is 98.9 cm³/mol. The number of rotatable bonds is 4. The lowest BCUT2D eigenvalue weighted by Gasteiger charge is -2.32. The largest absolute Gasteiger partial charge is 0.391 e. The molecule has 27 heavy (non-hydrogen) atoms. The van der Waals surface area contributed by atoms with Gasteiger partial charge in [-0.25, -0.2) is 4.98 Å². The number of carbonyl (C=O) groups is 1. The van der Waals surface area contributed by atoms with Crippen molar-refractivity contribution in [3.8, 4) is 0 Å². The number of carbonyl (C=O) groups excluding carboxylic acids is 1. The molecule has 10 heteroatoms. The SMILES string of the molecule is O=C(c1cc(Cl)ccc1Cl)N1CCOC(COn2nnc3cccnc32)C1. The van der Waals surface area contributed by atoms with Crippen molar-refractivity contribution in [3.63, 3.8) is 0 Å². The lowest BCUT2D eigenvalue weighted by Crippen LogP contribution is -2.48. The number of hydrogen-bond acceptors (Lipinski definition) is 6. The number of fused-ring (bicyclic) bond motifs is 1. The van der Waals surface area contributed by atoms with Gasteiger partial charge in [-0.05, 0) is 35.5 Å². The number of hydrogen-bond donors (Lipinski definition) is 0. The Morgan fingerprint density at radius 1 is 1.33 bits per heavy atom. The molecule has 1 unspecified atom stereocenters. The van der Waals surface area contributed by atoms with Crippen LogP contribution in [0.4, 0.5) is 0 Å². The van der Waals surface area contributed by atoms with Crippen LogP contribution in [-0.2, 0) is 4.74 Å². The van der Waals surface area contributed by atoms with Gasteiger partial charge in [-0.15, -0.1) is 5.10 Å². The standard InChI is InChI=1S/C17H15Cl2N5O3/c18-11-3-4-14(19)13(8-11)17(25)23-6-7-26-12(9-23)10-27-24-16-15(21-22-24)2-1-5-20-16/h1-5,8,12H,6-7,9-10H2. The fraction of sp³-hybridized carbons (Fsp3) is 0.294. The first-order chi connectivity index (χ1) is 13.1. The first kappa shape index (κ1) is 18.0. The highest BCUT2D eigenvalue weighted by atomic mass is 35.5. The van der Waals surface area contributed by atoms with E-state index in [1.807, 2.05) is 0 Å². The highest BCUT2D eigenvalue weighted by molar-refractivity contribution is 6.35. The normalized spacial score (nSPS) is 17.3. The van der Waals surface area contributed by atoms with Crippen LogP contribution >= 0.6 is 23.2 Å². The van der Waals surface area contributed by atoms with E-state index in [0.717, 1.165) is 0 Å². The van der Waals surface area contributed by atoms with Gasteiger partial charge in [0.1, 0.15) is 18.2 Å². The van der Waals surface area contributed by atoms with Gasteiger partial charge in [-0.2, -0.15) is 0 Å². The Morgan fingerprint density at radius 3 is 3.11 bits per heavy atom. The summed E-state index contributed by atoms with van der Waals surface area (Å²) in [6.45, 7) is 1.42. The summed E-state index contributed by atoms with van der Waals surface area (Å²) in [6.07, 6.45) is 1.32. The van der Waals surface area contributed by atoms with Gasteiger partial charge < -0.3 is 14.5 Å². The van der Waals surface area contributed by atoms with Crippen molar-refractivity contribution in [1.29, 1.82) is 0 Å². The van der Waals surface area contributed by atoms with Crippen LogP contribution in [0, 0.1) is 0 Å². The summed E-state index contributed by atoms with van der Waals surface area (Å²) in [5, 5.41) is 8.72. The highest BCUT2D eigenvalue weighted by Crippen LogP contribution is 2.23. The smallest absolute Gasteiger partial charge is 0.255 e. The molecule has 2 aromatic heterocycles. The summed E-state index contributed by atoms with van der Waals surface area (Å²) < 4.78 is 5.70. The van der Waals surface area contributed by atoms with E-state index >= 15 is 0 Å². The molecular weight excluding hydrogens is 393 g/mol. The molecule has 3 heterocycles. The van der Waals surface area contributed by atoms with Gasteiger partial charge in [-0.1, -0.05) is 28.0 Å². The molecule has 8 nitrogen and oxygen atoms in total. The van der Waals surface area contributed by atoms with E-state index in [9.17, 15) is 4.79 Å². The average molecular weight is 408 g/mol. The van der Waals surface area contributed by atoms with Crippen molar-refractivity contribution in [1.82, 2.24) is 25.0 Å². The van der Waals surface area contributed by atoms with Gasteiger partial charge in [0, 0.05) is 17.8 Å². The van der Waals surface area contributed by atoms with E-state index in [1.54, 1.807) is 41.4 Å². The Balaban J connectivity index is 1.42. The van der Waals surface area contributed by atoms with Crippen LogP contribution in [-0.4, -0.2) is 63.4 Å². The lowest BCUT2D eigenvalue weighted by molar-refractivity contribution is -0.0680. The van der Waals surface area contributed by atoms with Crippen LogP contribution in [0.3, 0.4) is 0 Å². The van der Waals surface area contributed by atoms with Gasteiger partial charge >= 0.3 is 0 Å². The van der Waals surface area contributed by atoms with Crippen LogP contribution in [0.15, 0.2) is 36.5 Å². The number of ether oxygens (including phenoxy) is 1. The van der Waals surface area contributed by atoms with Crippen molar-refractivity contribution < 1.29 is 14.4 Å². The summed E-state index contributed by atoms with van der Waals surface area (Å²) in [4.78, 5) is 25.5. The topological polar surface area (TPSA) is 82.4 Å². The minimum Gasteiger partial charge on any atom is -0.391 e. The average Bonchev–Trinajstić information content (AvgIpc) is 3.11. The Morgan fingerprint density at radius 2 is 2.22 bits per heavy atom. The van der Waals surface area contributed by atoms with Gasteiger partial charge in [-0.3, -0.25) is 4.79 Å². The number of nitrogens with zero attached hydrogens (tertiary/aromatic N) is 5. The third-order valence-corrected chi connectivity index (χ3v) is 4.71. The van der Waals surface area contributed by atoms with Gasteiger partial charge in [0.05, 0.1) is 23.7 Å². The summed E-state index contributed by atoms with van der Waals surface area (Å²) in [6, 6.07) is 8.39. The Hall–Kier alpha value is -2.42. The Labute approximate surface area is 164 Å². The predicted octanol–water partition coefficient (Wildman–Crippen LogP) is 2.10. The monoisotopic (exact) mass is 407 g/mol. The summed E-state index contributed by atoms with van der Waals surface area (Å²) in [5.41, 5.74) is 1.53. The van der Waals surface area contributed by atoms with Crippen LogP contribution in [0.25, 0.3) is 11.2 Å². The third-order valence-electron chi connectivity index (χ3n) is 4.15. The molecule has 4 rings (SSSR count). The zero-order valence-electron chi connectivity index (χ0n) is 14.1. The lowest BCUT2D eigenvalue weighted by atomic mass is 10.1. The molecule has 1 fully saturated rings. The second kappa shape index (κ2) is 7.67. The Kier molecular flexibility index (Phi) is 5.11. The van der Waals surface area contributed by atoms with E-state index in [2.05, 4.69) is 15.3 Å². The number of halogens is 2. The fourth-order valence-corrected chi connectivity index (χ4v) is 3.19. The molecule has 1 saturated heterocycles. The molecule has 1 aliphatic rings. The maximum atomic E-state index is 12.8. The number of benzene rings is 1. The zero-order valence-corrected chi connectivity index (χ0v) is 15.6. The third kappa shape index (κ3) is 3.83. The molecular formula is C17H15Cl2N5O3. The molecule has 0 bridgehead atoms. The fourth-order valence-electron chi connectivity index (χ4n) is 2.82. The number of pyridine rings is 1. The van der Waals surface area contributed by atoms with Crippen molar-refractivity contribution in [2.75, 3.05) is 26.3 Å². The van der Waals surface area contributed by atoms with Crippen molar-refractivity contribution in [2.24, 2.45) is 0 Å². The maximum Gasteiger partial charge on any atom is 0.255 e. The number of amides is 1. The van der Waals surface area contributed by atoms with Crippen molar-refractivity contribution in [2.45, 2.75) is 6.10 Å². The number of aromatic nitrogens is 4. The van der Waals surface area contributed by atoms with Gasteiger partial charge in [0.2, 0.25) is 5.65 Å². The maximum absolute atomic E-state index is 12.8. The summed E-state index contributed by atoms with van der Waals surface area (Å²) in [7, 11) is 0. The van der Waals surface area contributed by atoms with Crippen LogP contribution < -0.4 is 4.84 Å². The molecule has 1 atom stereocenters. The molecule has 140 valence electrons. The molecule has 0 aliphatic carbocycles. The van der Waals surface area contributed by atoms with Crippen LogP contribution in [0.5, 0.6) is 0 Å². The van der Waals surface area contributed by atoms with Crippen LogP contribution in [0.2, 0.25) is 10.0 Å². The molecule has 0 saturated carbocycles. The quantitative estimate of drug-likeness (QED) is 0.658. The van der Waals surface area contributed by atoms with Crippen molar-refractivity contribution >= 4 is 40.3 Å². The second-order valence-corrected chi connectivity index (χ2v) is 6.82. The summed E-state index contributed by atoms with van der Waals surface area (Å²) >= 11 is 12.1. The molecule has 0 spiro atoms. The first-order valence-corrected chi connectivity index (χ1v) is 9.03. The zero-order chi connectivity index (χ0) is 18.8.